The summed E-state index contributed by atoms with van der Waals surface area (Å²) in [6.07, 6.45) is 1.24. The highest BCUT2D eigenvalue weighted by molar-refractivity contribution is 7.99. The highest BCUT2D eigenvalue weighted by atomic mass is 32.2. The number of nitrogens with zero attached hydrogens (tertiary/aromatic N) is 1. The lowest BCUT2D eigenvalue weighted by Crippen LogP contribution is -2.11. The minimum atomic E-state index is 0.742. The molecule has 1 aromatic rings. The summed E-state index contributed by atoms with van der Waals surface area (Å²) in [6.45, 7) is 8.54. The molecule has 0 aliphatic heterocycles. The van der Waals surface area contributed by atoms with Gasteiger partial charge in [0.15, 0.2) is 0 Å². The van der Waals surface area contributed by atoms with Crippen molar-refractivity contribution in [1.82, 2.24) is 10.3 Å². The van der Waals surface area contributed by atoms with E-state index < -0.39 is 0 Å². The van der Waals surface area contributed by atoms with Crippen LogP contribution in [0.5, 0.6) is 0 Å². The Hall–Kier alpha value is -0.0600. The Labute approximate surface area is 101 Å². The maximum Gasteiger partial charge on any atom is 0.103 e. The number of aromatic nitrogens is 1. The third-order valence-corrected chi connectivity index (χ3v) is 4.64. The molecule has 0 radical (unpaired) electrons. The molecule has 1 unspecified atom stereocenters. The molecule has 0 aliphatic carbocycles. The van der Waals surface area contributed by atoms with Crippen molar-refractivity contribution in [3.63, 3.8) is 0 Å². The number of thiazole rings is 1. The molecular formula is C11H20N2S2. The SMILES string of the molecule is CCNCc1csc(CSC(C)CC)n1. The summed E-state index contributed by atoms with van der Waals surface area (Å²) in [4.78, 5) is 4.59. The molecule has 1 N–H and O–H groups in total. The zero-order valence-corrected chi connectivity index (χ0v) is 11.4. The fourth-order valence-corrected chi connectivity index (χ4v) is 2.86. The molecule has 0 saturated heterocycles. The Kier molecular flexibility index (Phi) is 6.29. The predicted octanol–water partition coefficient (Wildman–Crippen LogP) is 3.28. The second kappa shape index (κ2) is 7.25. The second-order valence-electron chi connectivity index (χ2n) is 3.54. The van der Waals surface area contributed by atoms with E-state index in [2.05, 4.69) is 36.5 Å². The third-order valence-electron chi connectivity index (χ3n) is 2.22. The Balaban J connectivity index is 2.32. The van der Waals surface area contributed by atoms with Gasteiger partial charge in [-0.15, -0.1) is 11.3 Å². The maximum atomic E-state index is 4.59. The Morgan fingerprint density at radius 1 is 1.53 bits per heavy atom. The van der Waals surface area contributed by atoms with Gasteiger partial charge in [0.25, 0.3) is 0 Å². The van der Waals surface area contributed by atoms with Gasteiger partial charge < -0.3 is 5.32 Å². The highest BCUT2D eigenvalue weighted by Crippen LogP contribution is 2.21. The van der Waals surface area contributed by atoms with Gasteiger partial charge in [0, 0.05) is 22.9 Å². The minimum Gasteiger partial charge on any atom is -0.311 e. The molecule has 4 heteroatoms. The van der Waals surface area contributed by atoms with Gasteiger partial charge >= 0.3 is 0 Å². The topological polar surface area (TPSA) is 24.9 Å². The van der Waals surface area contributed by atoms with E-state index >= 15 is 0 Å². The summed E-state index contributed by atoms with van der Waals surface area (Å²) in [6, 6.07) is 0. The summed E-state index contributed by atoms with van der Waals surface area (Å²) in [5.41, 5.74) is 1.18. The van der Waals surface area contributed by atoms with E-state index in [9.17, 15) is 0 Å². The van der Waals surface area contributed by atoms with Gasteiger partial charge in [0.2, 0.25) is 0 Å². The van der Waals surface area contributed by atoms with Crippen molar-refractivity contribution in [1.29, 1.82) is 0 Å². The average Bonchev–Trinajstić information content (AvgIpc) is 2.71. The molecule has 1 atom stereocenters. The molecule has 0 saturated carbocycles. The van der Waals surface area contributed by atoms with Gasteiger partial charge in [0.05, 0.1) is 5.69 Å². The summed E-state index contributed by atoms with van der Waals surface area (Å²) < 4.78 is 0. The Morgan fingerprint density at radius 2 is 2.33 bits per heavy atom. The first-order valence-corrected chi connectivity index (χ1v) is 7.44. The van der Waals surface area contributed by atoms with Crippen LogP contribution in [0.25, 0.3) is 0 Å². The fraction of sp³-hybridized carbons (Fsp3) is 0.727. The third kappa shape index (κ3) is 5.00. The molecule has 0 aromatic carbocycles. The molecule has 0 fully saturated rings. The molecular weight excluding hydrogens is 224 g/mol. The zero-order valence-electron chi connectivity index (χ0n) is 9.75. The van der Waals surface area contributed by atoms with E-state index in [4.69, 9.17) is 0 Å². The summed E-state index contributed by atoms with van der Waals surface area (Å²) in [7, 11) is 0. The van der Waals surface area contributed by atoms with Crippen molar-refractivity contribution < 1.29 is 0 Å². The Morgan fingerprint density at radius 3 is 3.00 bits per heavy atom. The van der Waals surface area contributed by atoms with Crippen LogP contribution in [0, 0.1) is 0 Å². The van der Waals surface area contributed by atoms with Crippen molar-refractivity contribution in [2.45, 2.75) is 44.7 Å². The summed E-state index contributed by atoms with van der Waals surface area (Å²) in [5, 5.41) is 7.45. The molecule has 1 aromatic heterocycles. The van der Waals surface area contributed by atoms with E-state index in [1.807, 2.05) is 11.8 Å². The van der Waals surface area contributed by atoms with Crippen LogP contribution < -0.4 is 5.32 Å². The highest BCUT2D eigenvalue weighted by Gasteiger charge is 2.04. The molecule has 1 rings (SSSR count). The quantitative estimate of drug-likeness (QED) is 0.797. The molecule has 15 heavy (non-hydrogen) atoms. The van der Waals surface area contributed by atoms with Crippen molar-refractivity contribution in [3.05, 3.63) is 16.1 Å². The van der Waals surface area contributed by atoms with Crippen LogP contribution in [0.15, 0.2) is 5.38 Å². The fourth-order valence-electron chi connectivity index (χ4n) is 1.08. The van der Waals surface area contributed by atoms with Crippen molar-refractivity contribution in [2.75, 3.05) is 6.54 Å². The largest absolute Gasteiger partial charge is 0.311 e. The van der Waals surface area contributed by atoms with Crippen LogP contribution in [0.1, 0.15) is 37.9 Å². The number of hydrogen-bond donors (Lipinski definition) is 1. The van der Waals surface area contributed by atoms with Gasteiger partial charge in [-0.1, -0.05) is 20.8 Å². The van der Waals surface area contributed by atoms with Crippen LogP contribution >= 0.6 is 23.1 Å². The van der Waals surface area contributed by atoms with Gasteiger partial charge in [0.1, 0.15) is 5.01 Å². The smallest absolute Gasteiger partial charge is 0.103 e. The van der Waals surface area contributed by atoms with Crippen LogP contribution in [-0.4, -0.2) is 16.8 Å². The molecule has 2 nitrogen and oxygen atoms in total. The second-order valence-corrected chi connectivity index (χ2v) is 5.91. The van der Waals surface area contributed by atoms with Crippen molar-refractivity contribution in [2.24, 2.45) is 0 Å². The van der Waals surface area contributed by atoms with Gasteiger partial charge in [-0.3, -0.25) is 0 Å². The van der Waals surface area contributed by atoms with Gasteiger partial charge in [-0.2, -0.15) is 11.8 Å². The lowest BCUT2D eigenvalue weighted by atomic mass is 10.4. The van der Waals surface area contributed by atoms with Crippen molar-refractivity contribution in [3.8, 4) is 0 Å². The van der Waals surface area contributed by atoms with Crippen LogP contribution in [-0.2, 0) is 12.3 Å². The van der Waals surface area contributed by atoms with Crippen LogP contribution in [0.2, 0.25) is 0 Å². The lowest BCUT2D eigenvalue weighted by Gasteiger charge is -2.05. The summed E-state index contributed by atoms with van der Waals surface area (Å²) >= 11 is 3.77. The van der Waals surface area contributed by atoms with E-state index in [0.717, 1.165) is 24.1 Å². The first-order chi connectivity index (χ1) is 7.26. The van der Waals surface area contributed by atoms with Crippen LogP contribution in [0.4, 0.5) is 0 Å². The zero-order chi connectivity index (χ0) is 11.1. The molecule has 0 bridgehead atoms. The van der Waals surface area contributed by atoms with E-state index in [-0.39, 0.29) is 0 Å². The molecule has 0 aliphatic rings. The van der Waals surface area contributed by atoms with Gasteiger partial charge in [-0.05, 0) is 13.0 Å². The molecule has 0 amide bonds. The van der Waals surface area contributed by atoms with Gasteiger partial charge in [-0.25, -0.2) is 4.98 Å². The normalized spacial score (nSPS) is 13.0. The first kappa shape index (κ1) is 13.0. The first-order valence-electron chi connectivity index (χ1n) is 5.51. The molecule has 0 spiro atoms. The monoisotopic (exact) mass is 244 g/mol. The molecule has 86 valence electrons. The standard InChI is InChI=1S/C11H20N2S2/c1-4-9(3)14-8-11-13-10(7-15-11)6-12-5-2/h7,9,12H,4-6,8H2,1-3H3. The lowest BCUT2D eigenvalue weighted by molar-refractivity contribution is 0.713. The minimum absolute atomic E-state index is 0.742. The predicted molar refractivity (Wildman–Crippen MR) is 70.5 cm³/mol. The number of thioether (sulfide) groups is 1. The van der Waals surface area contributed by atoms with Crippen LogP contribution in [0.3, 0.4) is 0 Å². The average molecular weight is 244 g/mol. The maximum absolute atomic E-state index is 4.59. The van der Waals surface area contributed by atoms with E-state index in [1.165, 1.54) is 17.1 Å². The number of nitrogens with one attached hydrogen (secondary N) is 1. The number of hydrogen-bond acceptors (Lipinski definition) is 4. The van der Waals surface area contributed by atoms with E-state index in [1.54, 1.807) is 11.3 Å². The number of rotatable bonds is 7. The Bertz CT molecular complexity index is 273. The summed E-state index contributed by atoms with van der Waals surface area (Å²) in [5.74, 6) is 1.06. The van der Waals surface area contributed by atoms with Crippen molar-refractivity contribution >= 4 is 23.1 Å². The molecule has 1 heterocycles. The van der Waals surface area contributed by atoms with E-state index in [0.29, 0.717) is 0 Å².